The minimum Gasteiger partial charge on any atom is -0.423 e. The van der Waals surface area contributed by atoms with Crippen LogP contribution >= 0.6 is 24.0 Å². The first kappa shape index (κ1) is 18.2. The van der Waals surface area contributed by atoms with Crippen molar-refractivity contribution in [2.24, 2.45) is 0 Å². The highest BCUT2D eigenvalue weighted by Gasteiger charge is 2.22. The first-order valence-electron chi connectivity index (χ1n) is 6.22. The topological polar surface area (TPSA) is 29.5 Å². The molecule has 0 bridgehead atoms. The molecule has 0 heterocycles. The van der Waals surface area contributed by atoms with Gasteiger partial charge in [0.1, 0.15) is 6.04 Å². The Morgan fingerprint density at radius 2 is 1.95 bits per heavy atom. The number of aryl methyl sites for hydroxylation is 1. The molecule has 0 unspecified atom stereocenters. The van der Waals surface area contributed by atoms with Gasteiger partial charge in [-0.25, -0.2) is 4.79 Å². The van der Waals surface area contributed by atoms with Crippen molar-refractivity contribution in [2.75, 3.05) is 13.1 Å². The van der Waals surface area contributed by atoms with Gasteiger partial charge in [-0.05, 0) is 38.6 Å². The molecule has 1 rings (SSSR count). The Bertz CT molecular complexity index is 400. The maximum absolute atomic E-state index is 12.1. The van der Waals surface area contributed by atoms with Crippen molar-refractivity contribution < 1.29 is 9.53 Å². The van der Waals surface area contributed by atoms with E-state index in [1.165, 1.54) is 0 Å². The van der Waals surface area contributed by atoms with Crippen LogP contribution in [0.5, 0.6) is 5.75 Å². The Kier molecular flexibility index (Phi) is 8.07. The minimum atomic E-state index is -0.269. The molecule has 1 aromatic carbocycles. The van der Waals surface area contributed by atoms with E-state index < -0.39 is 0 Å². The van der Waals surface area contributed by atoms with E-state index in [2.05, 4.69) is 0 Å². The van der Waals surface area contributed by atoms with Gasteiger partial charge in [0, 0.05) is 0 Å². The Balaban J connectivity index is 0.00000324. The summed E-state index contributed by atoms with van der Waals surface area (Å²) < 4.78 is 5.41. The molecule has 0 fully saturated rings. The second kappa shape index (κ2) is 8.41. The van der Waals surface area contributed by atoms with Gasteiger partial charge < -0.3 is 4.74 Å². The van der Waals surface area contributed by atoms with Crippen molar-refractivity contribution in [3.05, 3.63) is 28.8 Å². The summed E-state index contributed by atoms with van der Waals surface area (Å²) in [6, 6.07) is 5.16. The van der Waals surface area contributed by atoms with Gasteiger partial charge >= 0.3 is 5.97 Å². The zero-order valence-corrected chi connectivity index (χ0v) is 13.3. The normalized spacial score (nSPS) is 11.9. The van der Waals surface area contributed by atoms with Crippen molar-refractivity contribution in [3.8, 4) is 5.75 Å². The molecule has 0 amide bonds. The number of ether oxygens (including phenoxy) is 1. The van der Waals surface area contributed by atoms with Gasteiger partial charge in [-0.3, -0.25) is 4.90 Å². The van der Waals surface area contributed by atoms with Crippen molar-refractivity contribution in [2.45, 2.75) is 33.7 Å². The van der Waals surface area contributed by atoms with Crippen LogP contribution in [0.4, 0.5) is 0 Å². The minimum absolute atomic E-state index is 0. The average Bonchev–Trinajstić information content (AvgIpc) is 2.35. The predicted molar refractivity (Wildman–Crippen MR) is 81.5 cm³/mol. The lowest BCUT2D eigenvalue weighted by atomic mass is 10.2. The average molecular weight is 306 g/mol. The molecule has 0 aliphatic heterocycles. The largest absolute Gasteiger partial charge is 0.423 e. The number of rotatable bonds is 5. The lowest BCUT2D eigenvalue weighted by Crippen LogP contribution is -2.41. The highest BCUT2D eigenvalue weighted by Crippen LogP contribution is 2.28. The van der Waals surface area contributed by atoms with Crippen molar-refractivity contribution in [3.63, 3.8) is 0 Å². The maximum Gasteiger partial charge on any atom is 0.328 e. The van der Waals surface area contributed by atoms with E-state index in [1.807, 2.05) is 44.7 Å². The van der Waals surface area contributed by atoms with Gasteiger partial charge in [0.25, 0.3) is 0 Å². The number of benzene rings is 1. The van der Waals surface area contributed by atoms with Gasteiger partial charge in [0.05, 0.1) is 5.02 Å². The van der Waals surface area contributed by atoms with Gasteiger partial charge in [-0.1, -0.05) is 37.6 Å². The molecule has 0 radical (unpaired) electrons. The summed E-state index contributed by atoms with van der Waals surface area (Å²) >= 11 is 6.03. The first-order valence-corrected chi connectivity index (χ1v) is 6.59. The van der Waals surface area contributed by atoms with Crippen molar-refractivity contribution in [1.82, 2.24) is 4.90 Å². The first-order chi connectivity index (χ1) is 8.51. The molecule has 0 spiro atoms. The molecule has 0 aromatic heterocycles. The number of hydrogen-bond donors (Lipinski definition) is 0. The van der Waals surface area contributed by atoms with E-state index in [4.69, 9.17) is 16.3 Å². The Hall–Kier alpha value is -0.770. The number of carbonyl (C=O) groups is 1. The summed E-state index contributed by atoms with van der Waals surface area (Å²) in [6.07, 6.45) is 0. The van der Waals surface area contributed by atoms with E-state index in [1.54, 1.807) is 6.07 Å². The summed E-state index contributed by atoms with van der Waals surface area (Å²) in [6.45, 7) is 9.39. The Labute approximate surface area is 126 Å². The van der Waals surface area contributed by atoms with Crippen LogP contribution in [0.2, 0.25) is 5.02 Å². The Morgan fingerprint density at radius 3 is 2.42 bits per heavy atom. The van der Waals surface area contributed by atoms with Gasteiger partial charge in [0.15, 0.2) is 5.75 Å². The molecule has 0 N–H and O–H groups in total. The molecule has 1 atom stereocenters. The van der Waals surface area contributed by atoms with Crippen molar-refractivity contribution in [1.29, 1.82) is 0 Å². The standard InChI is InChI=1S/C14H20ClNO2.ClH/c1-5-16(6-2)11(4)14(17)18-13-10(3)8-7-9-12(13)15;/h7-9,11H,5-6H2,1-4H3;1H/t11-;/m0./s1. The zero-order chi connectivity index (χ0) is 13.7. The Morgan fingerprint density at radius 1 is 1.37 bits per heavy atom. The van der Waals surface area contributed by atoms with Crippen LogP contribution in [-0.4, -0.2) is 30.0 Å². The molecular formula is C14H21Cl2NO2. The molecular weight excluding hydrogens is 285 g/mol. The van der Waals surface area contributed by atoms with Crippen LogP contribution < -0.4 is 4.74 Å². The van der Waals surface area contributed by atoms with Crippen LogP contribution in [0.25, 0.3) is 0 Å². The third-order valence-electron chi connectivity index (χ3n) is 3.07. The fourth-order valence-corrected chi connectivity index (χ4v) is 2.11. The summed E-state index contributed by atoms with van der Waals surface area (Å²) in [7, 11) is 0. The van der Waals surface area contributed by atoms with Crippen molar-refractivity contribution >= 4 is 30.0 Å². The monoisotopic (exact) mass is 305 g/mol. The van der Waals surface area contributed by atoms with E-state index in [9.17, 15) is 4.79 Å². The van der Waals surface area contributed by atoms with Gasteiger partial charge in [0.2, 0.25) is 0 Å². The van der Waals surface area contributed by atoms with Crippen LogP contribution in [0, 0.1) is 6.92 Å². The number of halogens is 2. The number of nitrogens with zero attached hydrogens (tertiary/aromatic N) is 1. The van der Waals surface area contributed by atoms with Crippen LogP contribution in [0.15, 0.2) is 18.2 Å². The molecule has 0 saturated carbocycles. The number of carbonyl (C=O) groups excluding carboxylic acids is 1. The van der Waals surface area contributed by atoms with E-state index in [0.29, 0.717) is 10.8 Å². The maximum atomic E-state index is 12.1. The summed E-state index contributed by atoms with van der Waals surface area (Å²) in [5.74, 6) is 0.193. The van der Waals surface area contributed by atoms with E-state index in [-0.39, 0.29) is 24.4 Å². The lowest BCUT2D eigenvalue weighted by molar-refractivity contribution is -0.139. The molecule has 19 heavy (non-hydrogen) atoms. The zero-order valence-electron chi connectivity index (χ0n) is 11.8. The SMILES string of the molecule is CCN(CC)[C@@H](C)C(=O)Oc1c(C)cccc1Cl.Cl. The quantitative estimate of drug-likeness (QED) is 0.613. The lowest BCUT2D eigenvalue weighted by Gasteiger charge is -2.24. The summed E-state index contributed by atoms with van der Waals surface area (Å²) in [5, 5.41) is 0.468. The predicted octanol–water partition coefficient (Wildman–Crippen LogP) is 3.71. The van der Waals surface area contributed by atoms with Crippen LogP contribution in [0.3, 0.4) is 0 Å². The molecule has 3 nitrogen and oxygen atoms in total. The number of para-hydroxylation sites is 1. The van der Waals surface area contributed by atoms with Gasteiger partial charge in [-0.2, -0.15) is 0 Å². The molecule has 108 valence electrons. The highest BCUT2D eigenvalue weighted by molar-refractivity contribution is 6.32. The fraction of sp³-hybridized carbons (Fsp3) is 0.500. The van der Waals surface area contributed by atoms with Crippen LogP contribution in [-0.2, 0) is 4.79 Å². The molecule has 0 saturated heterocycles. The molecule has 1 aromatic rings. The third-order valence-corrected chi connectivity index (χ3v) is 3.37. The van der Waals surface area contributed by atoms with E-state index in [0.717, 1.165) is 18.7 Å². The number of hydrogen-bond acceptors (Lipinski definition) is 3. The summed E-state index contributed by atoms with van der Waals surface area (Å²) in [5.41, 5.74) is 0.864. The smallest absolute Gasteiger partial charge is 0.328 e. The highest BCUT2D eigenvalue weighted by atomic mass is 35.5. The number of likely N-dealkylation sites (N-methyl/N-ethyl adjacent to an activating group) is 1. The second-order valence-electron chi connectivity index (χ2n) is 4.20. The van der Waals surface area contributed by atoms with Crippen LogP contribution in [0.1, 0.15) is 26.3 Å². The molecule has 0 aliphatic rings. The molecule has 5 heteroatoms. The molecule has 0 aliphatic carbocycles. The number of esters is 1. The van der Waals surface area contributed by atoms with Gasteiger partial charge in [-0.15, -0.1) is 12.4 Å². The fourth-order valence-electron chi connectivity index (χ4n) is 1.85. The third kappa shape index (κ3) is 4.68. The second-order valence-corrected chi connectivity index (χ2v) is 4.61. The summed E-state index contributed by atoms with van der Waals surface area (Å²) in [4.78, 5) is 14.1. The van der Waals surface area contributed by atoms with E-state index >= 15 is 0 Å².